The van der Waals surface area contributed by atoms with Crippen molar-refractivity contribution in [1.82, 2.24) is 0 Å². The SMILES string of the molecule is CC(C)C1CCC(CC2=CCC(Cl)C=C2)C1(C)O.CN=CN=CN. The second-order valence-electron chi connectivity index (χ2n) is 7.12. The number of rotatable bonds is 4. The van der Waals surface area contributed by atoms with Crippen LogP contribution in [-0.2, 0) is 0 Å². The third-order valence-corrected chi connectivity index (χ3v) is 5.41. The topological polar surface area (TPSA) is 71.0 Å². The molecular formula is C19H32ClN3O. The number of nitrogens with zero attached hydrogens (tertiary/aromatic N) is 2. The van der Waals surface area contributed by atoms with Gasteiger partial charge in [-0.15, -0.1) is 11.6 Å². The number of aliphatic imine (C=N–C) groups is 2. The number of hydrogen-bond donors (Lipinski definition) is 2. The van der Waals surface area contributed by atoms with E-state index in [1.54, 1.807) is 7.05 Å². The Bertz CT molecular complexity index is 485. The largest absolute Gasteiger partial charge is 0.390 e. The Kier molecular flexibility index (Phi) is 8.71. The van der Waals surface area contributed by atoms with Crippen molar-refractivity contribution in [2.75, 3.05) is 7.05 Å². The highest BCUT2D eigenvalue weighted by Crippen LogP contribution is 2.47. The molecule has 0 aliphatic heterocycles. The molecule has 3 N–H and O–H groups in total. The molecule has 0 amide bonds. The van der Waals surface area contributed by atoms with Crippen molar-refractivity contribution >= 4 is 24.3 Å². The molecule has 2 aliphatic carbocycles. The first-order valence-corrected chi connectivity index (χ1v) is 9.14. The molecule has 136 valence electrons. The molecule has 4 unspecified atom stereocenters. The van der Waals surface area contributed by atoms with Gasteiger partial charge in [0.1, 0.15) is 6.34 Å². The lowest BCUT2D eigenvalue weighted by Gasteiger charge is -2.34. The van der Waals surface area contributed by atoms with Crippen molar-refractivity contribution in [2.45, 2.75) is 57.4 Å². The quantitative estimate of drug-likeness (QED) is 0.456. The van der Waals surface area contributed by atoms with Crippen LogP contribution in [0.15, 0.2) is 33.8 Å². The zero-order chi connectivity index (χ0) is 18.2. The molecule has 1 fully saturated rings. The molecule has 0 radical (unpaired) electrons. The molecule has 5 heteroatoms. The van der Waals surface area contributed by atoms with Crippen LogP contribution in [0.5, 0.6) is 0 Å². The van der Waals surface area contributed by atoms with Crippen molar-refractivity contribution in [3.8, 4) is 0 Å². The summed E-state index contributed by atoms with van der Waals surface area (Å²) in [4.78, 5) is 6.97. The summed E-state index contributed by atoms with van der Waals surface area (Å²) in [7, 11) is 1.63. The minimum Gasteiger partial charge on any atom is -0.390 e. The Morgan fingerprint density at radius 3 is 2.58 bits per heavy atom. The zero-order valence-corrected chi connectivity index (χ0v) is 16.1. The van der Waals surface area contributed by atoms with Gasteiger partial charge in [0, 0.05) is 7.05 Å². The molecule has 0 aromatic heterocycles. The Morgan fingerprint density at radius 2 is 2.17 bits per heavy atom. The van der Waals surface area contributed by atoms with Gasteiger partial charge in [0.2, 0.25) is 0 Å². The fourth-order valence-corrected chi connectivity index (χ4v) is 3.93. The van der Waals surface area contributed by atoms with E-state index in [1.807, 2.05) is 6.92 Å². The molecule has 24 heavy (non-hydrogen) atoms. The van der Waals surface area contributed by atoms with Crippen molar-refractivity contribution in [3.63, 3.8) is 0 Å². The first-order valence-electron chi connectivity index (χ1n) is 8.70. The van der Waals surface area contributed by atoms with E-state index < -0.39 is 5.60 Å². The molecular weight excluding hydrogens is 322 g/mol. The molecule has 1 saturated carbocycles. The summed E-state index contributed by atoms with van der Waals surface area (Å²) in [5.41, 5.74) is 5.67. The molecule has 4 nitrogen and oxygen atoms in total. The fraction of sp³-hybridized carbons (Fsp3) is 0.684. The number of nitrogens with two attached hydrogens (primary N) is 1. The second-order valence-corrected chi connectivity index (χ2v) is 7.68. The molecule has 0 spiro atoms. The number of hydrogen-bond acceptors (Lipinski definition) is 2. The van der Waals surface area contributed by atoms with Gasteiger partial charge in [-0.3, -0.25) is 4.99 Å². The molecule has 2 aliphatic rings. The number of halogens is 1. The molecule has 2 rings (SSSR count). The van der Waals surface area contributed by atoms with Crippen LogP contribution >= 0.6 is 11.6 Å². The first kappa shape index (κ1) is 20.9. The van der Waals surface area contributed by atoms with Crippen LogP contribution in [0.4, 0.5) is 0 Å². The standard InChI is InChI=1S/C16H25ClO.C3H7N3/c1-11(2)15-9-6-13(16(15,3)18)10-12-4-7-14(17)8-5-12;1-5-3-6-2-4/h4-5,7,11,13-15,18H,6,8-10H2,1-3H3;2-3H,1H3,(H2,4,5,6). The summed E-state index contributed by atoms with van der Waals surface area (Å²) < 4.78 is 0. The van der Waals surface area contributed by atoms with Crippen LogP contribution < -0.4 is 5.73 Å². The van der Waals surface area contributed by atoms with Gasteiger partial charge in [-0.25, -0.2) is 4.99 Å². The first-order chi connectivity index (χ1) is 11.3. The highest BCUT2D eigenvalue weighted by molar-refractivity contribution is 6.22. The predicted molar refractivity (Wildman–Crippen MR) is 105 cm³/mol. The van der Waals surface area contributed by atoms with E-state index in [0.717, 1.165) is 25.7 Å². The van der Waals surface area contributed by atoms with Gasteiger partial charge in [-0.2, -0.15) is 0 Å². The van der Waals surface area contributed by atoms with Gasteiger partial charge >= 0.3 is 0 Å². The number of alkyl halides is 1. The Labute approximate surface area is 151 Å². The summed E-state index contributed by atoms with van der Waals surface area (Å²) in [5, 5.41) is 10.9. The average molecular weight is 354 g/mol. The van der Waals surface area contributed by atoms with Gasteiger partial charge in [0.25, 0.3) is 0 Å². The van der Waals surface area contributed by atoms with E-state index in [-0.39, 0.29) is 5.38 Å². The molecule has 0 heterocycles. The molecule has 0 saturated heterocycles. The summed E-state index contributed by atoms with van der Waals surface area (Å²) in [5.74, 6) is 1.40. The van der Waals surface area contributed by atoms with Crippen LogP contribution in [0.1, 0.15) is 46.5 Å². The van der Waals surface area contributed by atoms with Crippen LogP contribution in [0.25, 0.3) is 0 Å². The Hall–Kier alpha value is -1.13. The fourth-order valence-electron chi connectivity index (χ4n) is 3.76. The van der Waals surface area contributed by atoms with E-state index >= 15 is 0 Å². The summed E-state index contributed by atoms with van der Waals surface area (Å²) in [6.07, 6.45) is 13.2. The lowest BCUT2D eigenvalue weighted by molar-refractivity contribution is -0.0333. The lowest BCUT2D eigenvalue weighted by Crippen LogP contribution is -2.38. The van der Waals surface area contributed by atoms with E-state index in [1.165, 1.54) is 18.3 Å². The maximum Gasteiger partial charge on any atom is 0.111 e. The van der Waals surface area contributed by atoms with E-state index in [9.17, 15) is 5.11 Å². The minimum absolute atomic E-state index is 0.154. The summed E-state index contributed by atoms with van der Waals surface area (Å²) in [6, 6.07) is 0. The van der Waals surface area contributed by atoms with Crippen molar-refractivity contribution in [3.05, 3.63) is 23.8 Å². The molecule has 0 bridgehead atoms. The van der Waals surface area contributed by atoms with Gasteiger partial charge in [-0.05, 0) is 50.4 Å². The molecule has 4 atom stereocenters. The molecule has 0 aromatic rings. The van der Waals surface area contributed by atoms with Crippen molar-refractivity contribution in [1.29, 1.82) is 0 Å². The van der Waals surface area contributed by atoms with Gasteiger partial charge < -0.3 is 10.8 Å². The van der Waals surface area contributed by atoms with Crippen LogP contribution in [0.3, 0.4) is 0 Å². The smallest absolute Gasteiger partial charge is 0.111 e. The monoisotopic (exact) mass is 353 g/mol. The van der Waals surface area contributed by atoms with E-state index in [4.69, 9.17) is 17.3 Å². The number of aliphatic hydroxyl groups is 1. The lowest BCUT2D eigenvalue weighted by atomic mass is 9.77. The highest BCUT2D eigenvalue weighted by atomic mass is 35.5. The van der Waals surface area contributed by atoms with Crippen molar-refractivity contribution < 1.29 is 5.11 Å². The highest BCUT2D eigenvalue weighted by Gasteiger charge is 2.46. The van der Waals surface area contributed by atoms with Gasteiger partial charge in [-0.1, -0.05) is 37.6 Å². The van der Waals surface area contributed by atoms with Gasteiger partial charge in [0.05, 0.1) is 17.3 Å². The summed E-state index contributed by atoms with van der Waals surface area (Å²) >= 11 is 6.04. The zero-order valence-electron chi connectivity index (χ0n) is 15.3. The predicted octanol–water partition coefficient (Wildman–Crippen LogP) is 3.93. The Morgan fingerprint density at radius 1 is 1.46 bits per heavy atom. The van der Waals surface area contributed by atoms with E-state index in [2.05, 4.69) is 42.1 Å². The maximum absolute atomic E-state index is 10.8. The third kappa shape index (κ3) is 6.06. The van der Waals surface area contributed by atoms with Crippen LogP contribution in [0, 0.1) is 17.8 Å². The Balaban J connectivity index is 0.000000413. The number of allylic oxidation sites excluding steroid dienone is 4. The average Bonchev–Trinajstić information content (AvgIpc) is 2.83. The normalized spacial score (nSPS) is 33.1. The summed E-state index contributed by atoms with van der Waals surface area (Å²) in [6.45, 7) is 6.48. The van der Waals surface area contributed by atoms with E-state index in [0.29, 0.717) is 17.8 Å². The van der Waals surface area contributed by atoms with Crippen molar-refractivity contribution in [2.24, 2.45) is 33.5 Å². The second kappa shape index (κ2) is 10.00. The van der Waals surface area contributed by atoms with Crippen LogP contribution in [0.2, 0.25) is 0 Å². The van der Waals surface area contributed by atoms with Gasteiger partial charge in [0.15, 0.2) is 0 Å². The minimum atomic E-state index is -0.513. The third-order valence-electron chi connectivity index (χ3n) is 5.08. The van der Waals surface area contributed by atoms with Crippen LogP contribution in [-0.4, -0.2) is 35.8 Å². The molecule has 0 aromatic carbocycles. The maximum atomic E-state index is 10.8.